The fraction of sp³-hybridized carbons (Fsp3) is 0.231. The van der Waals surface area contributed by atoms with E-state index in [9.17, 15) is 4.39 Å². The summed E-state index contributed by atoms with van der Waals surface area (Å²) < 4.78 is 18.6. The minimum absolute atomic E-state index is 0.0550. The molecule has 19 heavy (non-hydrogen) atoms. The minimum atomic E-state index is -0.532. The van der Waals surface area contributed by atoms with Gasteiger partial charge < -0.3 is 10.1 Å². The van der Waals surface area contributed by atoms with Crippen molar-refractivity contribution in [2.24, 2.45) is 0 Å². The van der Waals surface area contributed by atoms with Crippen LogP contribution in [0.4, 0.5) is 4.39 Å². The van der Waals surface area contributed by atoms with Gasteiger partial charge in [-0.3, -0.25) is 0 Å². The molecule has 0 bridgehead atoms. The highest BCUT2D eigenvalue weighted by atomic mass is 35.5. The average Bonchev–Trinajstić information content (AvgIpc) is 2.42. The molecule has 0 spiro atoms. The second-order valence-corrected chi connectivity index (χ2v) is 4.23. The number of rotatable bonds is 5. The Kier molecular flexibility index (Phi) is 4.65. The second kappa shape index (κ2) is 6.45. The lowest BCUT2D eigenvalue weighted by Crippen LogP contribution is -2.13. The lowest BCUT2D eigenvalue weighted by molar-refractivity contribution is 0.449. The van der Waals surface area contributed by atoms with Crippen LogP contribution in [0.2, 0.25) is 5.02 Å². The highest BCUT2D eigenvalue weighted by molar-refractivity contribution is 6.30. The van der Waals surface area contributed by atoms with Crippen molar-refractivity contribution in [3.05, 3.63) is 46.9 Å². The van der Waals surface area contributed by atoms with E-state index in [2.05, 4.69) is 15.5 Å². The monoisotopic (exact) mass is 281 g/mol. The molecule has 1 heterocycles. The zero-order valence-electron chi connectivity index (χ0n) is 10.4. The Hall–Kier alpha value is -1.72. The molecule has 0 radical (unpaired) electrons. The van der Waals surface area contributed by atoms with Gasteiger partial charge in [0.25, 0.3) is 0 Å². The number of nitrogens with one attached hydrogen (secondary N) is 1. The topological polar surface area (TPSA) is 47.0 Å². The highest BCUT2D eigenvalue weighted by Crippen LogP contribution is 2.23. The molecule has 2 rings (SSSR count). The Morgan fingerprint density at radius 2 is 2.11 bits per heavy atom. The molecule has 0 amide bonds. The Balaban J connectivity index is 2.04. The summed E-state index contributed by atoms with van der Waals surface area (Å²) in [5, 5.41) is 11.1. The first kappa shape index (κ1) is 13.7. The summed E-state index contributed by atoms with van der Waals surface area (Å²) in [6, 6.07) is 7.69. The van der Waals surface area contributed by atoms with Crippen LogP contribution < -0.4 is 10.1 Å². The summed E-state index contributed by atoms with van der Waals surface area (Å²) in [4.78, 5) is 0. The molecule has 4 nitrogen and oxygen atoms in total. The molecule has 0 aliphatic carbocycles. The first-order chi connectivity index (χ1) is 9.19. The molecule has 1 aromatic carbocycles. The molecule has 0 atom stereocenters. The lowest BCUT2D eigenvalue weighted by atomic mass is 10.3. The van der Waals surface area contributed by atoms with Gasteiger partial charge in [0.2, 0.25) is 5.88 Å². The van der Waals surface area contributed by atoms with E-state index in [1.54, 1.807) is 18.2 Å². The first-order valence-corrected chi connectivity index (χ1v) is 6.23. The van der Waals surface area contributed by atoms with Crippen molar-refractivity contribution >= 4 is 11.6 Å². The van der Waals surface area contributed by atoms with Gasteiger partial charge in [-0.05, 0) is 24.7 Å². The molecule has 2 aromatic rings. The zero-order chi connectivity index (χ0) is 13.7. The first-order valence-electron chi connectivity index (χ1n) is 5.85. The van der Waals surface area contributed by atoms with Crippen LogP contribution in [0.1, 0.15) is 12.6 Å². The summed E-state index contributed by atoms with van der Waals surface area (Å²) in [5.74, 6) is 0.105. The SMILES string of the molecule is CCNCc1ccc(Oc2ccc(Cl)c(F)c2)nn1. The van der Waals surface area contributed by atoms with Crippen molar-refractivity contribution in [3.63, 3.8) is 0 Å². The minimum Gasteiger partial charge on any atom is -0.437 e. The third-order valence-electron chi connectivity index (χ3n) is 2.36. The van der Waals surface area contributed by atoms with Crippen LogP contribution in [0, 0.1) is 5.82 Å². The van der Waals surface area contributed by atoms with Crippen molar-refractivity contribution in [3.8, 4) is 11.6 Å². The van der Waals surface area contributed by atoms with Gasteiger partial charge in [0.1, 0.15) is 11.6 Å². The molecule has 1 N–H and O–H groups in total. The molecular formula is C13H13ClFN3O. The number of hydrogen-bond acceptors (Lipinski definition) is 4. The van der Waals surface area contributed by atoms with E-state index < -0.39 is 5.82 Å². The Morgan fingerprint density at radius 3 is 2.74 bits per heavy atom. The largest absolute Gasteiger partial charge is 0.437 e. The lowest BCUT2D eigenvalue weighted by Gasteiger charge is -2.05. The van der Waals surface area contributed by atoms with E-state index in [0.717, 1.165) is 12.2 Å². The van der Waals surface area contributed by atoms with Crippen LogP contribution in [-0.4, -0.2) is 16.7 Å². The summed E-state index contributed by atoms with van der Waals surface area (Å²) in [6.45, 7) is 3.53. The van der Waals surface area contributed by atoms with Gasteiger partial charge >= 0.3 is 0 Å². The molecule has 0 aliphatic rings. The number of ether oxygens (including phenoxy) is 1. The normalized spacial score (nSPS) is 10.5. The van der Waals surface area contributed by atoms with Gasteiger partial charge in [0.15, 0.2) is 0 Å². The number of aromatic nitrogens is 2. The number of benzene rings is 1. The number of halogens is 2. The Morgan fingerprint density at radius 1 is 1.26 bits per heavy atom. The van der Waals surface area contributed by atoms with E-state index in [1.165, 1.54) is 12.1 Å². The maximum absolute atomic E-state index is 13.2. The second-order valence-electron chi connectivity index (χ2n) is 3.82. The van der Waals surface area contributed by atoms with Crippen molar-refractivity contribution in [2.45, 2.75) is 13.5 Å². The van der Waals surface area contributed by atoms with E-state index in [0.29, 0.717) is 18.2 Å². The van der Waals surface area contributed by atoms with Gasteiger partial charge in [-0.25, -0.2) is 4.39 Å². The summed E-state index contributed by atoms with van der Waals surface area (Å²) >= 11 is 5.59. The van der Waals surface area contributed by atoms with Crippen LogP contribution in [0.25, 0.3) is 0 Å². The van der Waals surface area contributed by atoms with Gasteiger partial charge in [0, 0.05) is 18.7 Å². The van der Waals surface area contributed by atoms with Crippen LogP contribution >= 0.6 is 11.6 Å². The van der Waals surface area contributed by atoms with Gasteiger partial charge in [-0.2, -0.15) is 5.10 Å². The van der Waals surface area contributed by atoms with Crippen LogP contribution in [0.5, 0.6) is 11.6 Å². The summed E-state index contributed by atoms with van der Waals surface area (Å²) in [7, 11) is 0. The Labute approximate surface area is 115 Å². The van der Waals surface area contributed by atoms with Crippen molar-refractivity contribution in [1.82, 2.24) is 15.5 Å². The van der Waals surface area contributed by atoms with Crippen LogP contribution in [0.3, 0.4) is 0 Å². The molecule has 0 saturated heterocycles. The standard InChI is InChI=1S/C13H13ClFN3O/c1-2-16-8-9-3-6-13(18-17-9)19-10-4-5-11(14)12(15)7-10/h3-7,16H,2,8H2,1H3. The zero-order valence-corrected chi connectivity index (χ0v) is 11.1. The van der Waals surface area contributed by atoms with Gasteiger partial charge in [0.05, 0.1) is 10.7 Å². The predicted octanol–water partition coefficient (Wildman–Crippen LogP) is 3.17. The molecule has 0 unspecified atom stereocenters. The molecule has 0 aliphatic heterocycles. The fourth-order valence-corrected chi connectivity index (χ4v) is 1.53. The van der Waals surface area contributed by atoms with Gasteiger partial charge in [-0.1, -0.05) is 18.5 Å². The fourth-order valence-electron chi connectivity index (χ4n) is 1.41. The van der Waals surface area contributed by atoms with Crippen molar-refractivity contribution in [2.75, 3.05) is 6.54 Å². The molecule has 100 valence electrons. The highest BCUT2D eigenvalue weighted by Gasteiger charge is 2.04. The molecular weight excluding hydrogens is 269 g/mol. The summed E-state index contributed by atoms with van der Waals surface area (Å²) in [6.07, 6.45) is 0. The van der Waals surface area contributed by atoms with Crippen molar-refractivity contribution < 1.29 is 9.13 Å². The molecule has 6 heteroatoms. The van der Waals surface area contributed by atoms with E-state index >= 15 is 0 Å². The maximum Gasteiger partial charge on any atom is 0.238 e. The van der Waals surface area contributed by atoms with E-state index in [-0.39, 0.29) is 5.02 Å². The predicted molar refractivity (Wildman–Crippen MR) is 70.9 cm³/mol. The third-order valence-corrected chi connectivity index (χ3v) is 2.67. The van der Waals surface area contributed by atoms with Crippen LogP contribution in [-0.2, 0) is 6.54 Å². The Bertz CT molecular complexity index is 548. The molecule has 0 fully saturated rings. The molecule has 1 aromatic heterocycles. The maximum atomic E-state index is 13.2. The van der Waals surface area contributed by atoms with E-state index in [4.69, 9.17) is 16.3 Å². The van der Waals surface area contributed by atoms with Crippen LogP contribution in [0.15, 0.2) is 30.3 Å². The number of nitrogens with zero attached hydrogens (tertiary/aromatic N) is 2. The van der Waals surface area contributed by atoms with Crippen molar-refractivity contribution in [1.29, 1.82) is 0 Å². The third kappa shape index (κ3) is 3.87. The number of hydrogen-bond donors (Lipinski definition) is 1. The average molecular weight is 282 g/mol. The van der Waals surface area contributed by atoms with E-state index in [1.807, 2.05) is 6.92 Å². The quantitative estimate of drug-likeness (QED) is 0.914. The van der Waals surface area contributed by atoms with Gasteiger partial charge in [-0.15, -0.1) is 5.10 Å². The summed E-state index contributed by atoms with van der Waals surface area (Å²) in [5.41, 5.74) is 0.816. The molecule has 0 saturated carbocycles. The smallest absolute Gasteiger partial charge is 0.238 e.